The standard InChI is InChI=1S/C18H24N6O11S6/c1-3-5-8-13(4-2)20-17(25)22-23-18-21-16(15(11-19)36-18)12-7-6-9-14(10-12)24-38(28,29)40(32,33)41(34,35)39(30,31)37(26)27/h6-7,9-10,13,24,37H,3-5,8H2,1-2H3,(H,21,23)(H2,20,22,25). The molecule has 2 rings (SSSR count). The second-order valence-electron chi connectivity index (χ2n) is 7.88. The van der Waals surface area contributed by atoms with Gasteiger partial charge in [0.25, 0.3) is 9.74 Å². The summed E-state index contributed by atoms with van der Waals surface area (Å²) in [5.41, 5.74) is 4.30. The number of thiazole rings is 1. The molecule has 1 unspecified atom stereocenters. The van der Waals surface area contributed by atoms with Crippen molar-refractivity contribution in [2.45, 2.75) is 45.6 Å². The third kappa shape index (κ3) is 7.43. The van der Waals surface area contributed by atoms with Crippen molar-refractivity contribution in [2.24, 2.45) is 0 Å². The fraction of sp³-hybridized carbons (Fsp3) is 0.389. The smallest absolute Gasteiger partial charge is 0.334 e. The number of nitrogens with zero attached hydrogens (tertiary/aromatic N) is 2. The van der Waals surface area contributed by atoms with Crippen molar-refractivity contribution >= 4 is 70.7 Å². The van der Waals surface area contributed by atoms with Crippen LogP contribution in [0.25, 0.3) is 11.3 Å². The predicted molar refractivity (Wildman–Crippen MR) is 151 cm³/mol. The van der Waals surface area contributed by atoms with Gasteiger partial charge in [0.05, 0.1) is 5.69 Å². The molecule has 0 fully saturated rings. The second kappa shape index (κ2) is 13.3. The Morgan fingerprint density at radius 3 is 2.29 bits per heavy atom. The number of nitrogens with one attached hydrogen (secondary N) is 4. The van der Waals surface area contributed by atoms with E-state index in [1.54, 1.807) is 0 Å². The summed E-state index contributed by atoms with van der Waals surface area (Å²) in [6.45, 7) is 3.94. The maximum atomic E-state index is 12.4. The van der Waals surface area contributed by atoms with Gasteiger partial charge >= 0.3 is 38.8 Å². The lowest BCUT2D eigenvalue weighted by Gasteiger charge is -2.17. The maximum Gasteiger partial charge on any atom is 0.390 e. The van der Waals surface area contributed by atoms with Crippen molar-refractivity contribution in [3.05, 3.63) is 29.1 Å². The number of hydrazine groups is 1. The van der Waals surface area contributed by atoms with Gasteiger partial charge in [-0.2, -0.15) is 38.9 Å². The number of amides is 2. The van der Waals surface area contributed by atoms with E-state index < -0.39 is 54.2 Å². The molecule has 23 heteroatoms. The van der Waals surface area contributed by atoms with E-state index in [2.05, 4.69) is 21.2 Å². The van der Waals surface area contributed by atoms with E-state index >= 15 is 0 Å². The molecular weight excluding hydrogens is 669 g/mol. The Morgan fingerprint density at radius 2 is 1.73 bits per heavy atom. The maximum absolute atomic E-state index is 12.4. The van der Waals surface area contributed by atoms with E-state index in [0.29, 0.717) is 6.42 Å². The number of hydrogen-bond donors (Lipinski definition) is 5. The first-order chi connectivity index (χ1) is 18.9. The van der Waals surface area contributed by atoms with Crippen LogP contribution in [0, 0.1) is 11.3 Å². The van der Waals surface area contributed by atoms with Gasteiger partial charge in [-0.1, -0.05) is 50.2 Å². The molecule has 0 spiro atoms. The highest BCUT2D eigenvalue weighted by molar-refractivity contribution is 9.23. The van der Waals surface area contributed by atoms with Gasteiger partial charge in [-0.05, 0) is 25.0 Å². The number of benzene rings is 1. The first-order valence-electron chi connectivity index (χ1n) is 11.2. The number of hydrogen-bond acceptors (Lipinski definition) is 15. The molecular formula is C18H24N6O11S6. The summed E-state index contributed by atoms with van der Waals surface area (Å²) >= 11 is 0.803. The van der Waals surface area contributed by atoms with Crippen LogP contribution in [0.4, 0.5) is 15.6 Å². The van der Waals surface area contributed by atoms with Crippen LogP contribution in [0.15, 0.2) is 24.3 Å². The molecule has 1 heterocycles. The number of anilines is 2. The second-order valence-corrected chi connectivity index (χ2v) is 25.2. The Balaban J connectivity index is 2.31. The van der Waals surface area contributed by atoms with Crippen molar-refractivity contribution in [1.29, 1.82) is 5.26 Å². The highest BCUT2D eigenvalue weighted by Gasteiger charge is 2.53. The zero-order valence-electron chi connectivity index (χ0n) is 21.1. The van der Waals surface area contributed by atoms with E-state index in [0.717, 1.165) is 42.7 Å². The lowest BCUT2D eigenvalue weighted by atomic mass is 10.1. The third-order valence-electron chi connectivity index (χ3n) is 5.08. The van der Waals surface area contributed by atoms with Crippen LogP contribution in [-0.4, -0.2) is 59.1 Å². The minimum Gasteiger partial charge on any atom is -0.334 e. The van der Waals surface area contributed by atoms with E-state index in [4.69, 9.17) is 0 Å². The summed E-state index contributed by atoms with van der Waals surface area (Å²) in [6, 6.07) is 5.63. The highest BCUT2D eigenvalue weighted by atomic mass is 33.9. The van der Waals surface area contributed by atoms with Crippen LogP contribution < -0.4 is 20.9 Å². The molecule has 0 aliphatic carbocycles. The molecule has 0 aliphatic heterocycles. The zero-order chi connectivity index (χ0) is 31.2. The van der Waals surface area contributed by atoms with Crippen LogP contribution in [0.3, 0.4) is 0 Å². The summed E-state index contributed by atoms with van der Waals surface area (Å²) in [6.07, 6.45) is 3.36. The minimum absolute atomic E-state index is 0.0235. The summed E-state index contributed by atoms with van der Waals surface area (Å²) in [4.78, 5) is 16.3. The molecule has 0 saturated heterocycles. The van der Waals surface area contributed by atoms with Crippen LogP contribution in [0.1, 0.15) is 44.4 Å². The molecule has 17 nitrogen and oxygen atoms in total. The van der Waals surface area contributed by atoms with Gasteiger partial charge in [0, 0.05) is 11.6 Å². The van der Waals surface area contributed by atoms with Crippen molar-refractivity contribution < 1.29 is 46.9 Å². The summed E-state index contributed by atoms with van der Waals surface area (Å²) in [7, 11) is -31.0. The normalized spacial score (nSPS) is 13.2. The zero-order valence-corrected chi connectivity index (χ0v) is 26.1. The van der Waals surface area contributed by atoms with Crippen LogP contribution in [-0.2, 0) is 42.5 Å². The number of carbonyl (C=O) groups is 1. The number of unbranched alkanes of at least 4 members (excludes halogenated alkanes) is 1. The minimum atomic E-state index is -6.82. The summed E-state index contributed by atoms with van der Waals surface area (Å²) < 4.78 is 119. The summed E-state index contributed by atoms with van der Waals surface area (Å²) in [5, 5.41) is 12.3. The van der Waals surface area contributed by atoms with Crippen LogP contribution >= 0.6 is 11.3 Å². The lowest BCUT2D eigenvalue weighted by Crippen LogP contribution is -2.44. The summed E-state index contributed by atoms with van der Waals surface area (Å²) in [5.74, 6) is 0. The molecule has 0 bridgehead atoms. The SMILES string of the molecule is CCCCC(CC)NC(=O)NNc1nc(-c2cccc(NS(=O)(=O)S(=O)(=O)S(=O)(=O)S(=O)(=O)[SH](=O)=O)c2)c(C#N)s1. The van der Waals surface area contributed by atoms with Gasteiger partial charge in [0.1, 0.15) is 16.6 Å². The largest absolute Gasteiger partial charge is 0.390 e. The van der Waals surface area contributed by atoms with Crippen molar-refractivity contribution in [1.82, 2.24) is 15.7 Å². The van der Waals surface area contributed by atoms with Gasteiger partial charge in [0.2, 0.25) is 5.13 Å². The number of urea groups is 1. The fourth-order valence-electron chi connectivity index (χ4n) is 3.02. The quantitative estimate of drug-likeness (QED) is 0.103. The van der Waals surface area contributed by atoms with Gasteiger partial charge < -0.3 is 5.32 Å². The molecule has 228 valence electrons. The Bertz CT molecular complexity index is 1850. The molecule has 0 aliphatic rings. The first-order valence-corrected chi connectivity index (χ1v) is 21.3. The number of aromatic nitrogens is 1. The monoisotopic (exact) mass is 692 g/mol. The number of thiol groups is 1. The van der Waals surface area contributed by atoms with Gasteiger partial charge in [-0.15, -0.1) is 0 Å². The molecule has 0 radical (unpaired) electrons. The van der Waals surface area contributed by atoms with Gasteiger partial charge in [0.15, 0.2) is 0 Å². The van der Waals surface area contributed by atoms with E-state index in [1.165, 1.54) is 16.9 Å². The van der Waals surface area contributed by atoms with Crippen molar-refractivity contribution in [3.63, 3.8) is 0 Å². The number of rotatable bonds is 14. The number of carbonyl (C=O) groups excluding carboxylic acids is 1. The van der Waals surface area contributed by atoms with E-state index in [-0.39, 0.29) is 27.3 Å². The van der Waals surface area contributed by atoms with E-state index in [9.17, 15) is 52.1 Å². The molecule has 1 atom stereocenters. The molecule has 1 aromatic carbocycles. The molecule has 1 aromatic heterocycles. The molecule has 0 saturated carbocycles. The first kappa shape index (κ1) is 34.2. The lowest BCUT2D eigenvalue weighted by molar-refractivity contribution is 0.237. The molecule has 2 aromatic rings. The Kier molecular flexibility index (Phi) is 11.1. The molecule has 2 amide bonds. The predicted octanol–water partition coefficient (Wildman–Crippen LogP) is 0.534. The van der Waals surface area contributed by atoms with Crippen molar-refractivity contribution in [3.8, 4) is 17.3 Å². The van der Waals surface area contributed by atoms with Crippen molar-refractivity contribution in [2.75, 3.05) is 10.1 Å². The van der Waals surface area contributed by atoms with Crippen LogP contribution in [0.5, 0.6) is 0 Å². The van der Waals surface area contributed by atoms with Gasteiger partial charge in [-0.3, -0.25) is 10.1 Å². The van der Waals surface area contributed by atoms with Crippen LogP contribution in [0.2, 0.25) is 0 Å². The Hall–Kier alpha value is -3.04. The Morgan fingerprint density at radius 1 is 1.07 bits per heavy atom. The average molecular weight is 693 g/mol. The van der Waals surface area contributed by atoms with E-state index in [1.807, 2.05) is 19.9 Å². The Labute approximate surface area is 239 Å². The topological polar surface area (TPSA) is 273 Å². The molecule has 41 heavy (non-hydrogen) atoms. The third-order valence-corrected chi connectivity index (χ3v) is 25.4. The van der Waals surface area contributed by atoms with Gasteiger partial charge in [-0.25, -0.2) is 23.6 Å². The molecule has 4 N–H and O–H groups in total. The average Bonchev–Trinajstić information content (AvgIpc) is 3.32. The number of nitriles is 1. The highest BCUT2D eigenvalue weighted by Crippen LogP contribution is 2.32. The fourth-order valence-corrected chi connectivity index (χ4v) is 21.3.